The zero-order chi connectivity index (χ0) is 16.5. The third-order valence-electron chi connectivity index (χ3n) is 4.11. The molecule has 0 atom stereocenters. The van der Waals surface area contributed by atoms with E-state index in [1.54, 1.807) is 24.7 Å². The monoisotopic (exact) mass is 322 g/mol. The molecule has 121 valence electrons. The number of hydrogen-bond donors (Lipinski definition) is 0. The zero-order valence-electron chi connectivity index (χ0n) is 13.2. The number of rotatable bonds is 5. The molecular weight excluding hydrogens is 305 g/mol. The lowest BCUT2D eigenvalue weighted by molar-refractivity contribution is 0.288. The molecule has 1 aliphatic carbocycles. The Morgan fingerprint density at radius 1 is 1.21 bits per heavy atom. The van der Waals surface area contributed by atoms with Crippen LogP contribution in [0.25, 0.3) is 16.9 Å². The highest BCUT2D eigenvalue weighted by molar-refractivity contribution is 5.58. The fourth-order valence-corrected chi connectivity index (χ4v) is 2.44. The summed E-state index contributed by atoms with van der Waals surface area (Å²) in [5.41, 5.74) is 2.88. The van der Waals surface area contributed by atoms with Crippen molar-refractivity contribution in [3.05, 3.63) is 67.4 Å². The van der Waals surface area contributed by atoms with Gasteiger partial charge in [-0.15, -0.1) is 0 Å². The minimum Gasteiger partial charge on any atom is -0.477 e. The van der Waals surface area contributed by atoms with Gasteiger partial charge in [0.15, 0.2) is 0 Å². The second-order valence-electron chi connectivity index (χ2n) is 6.08. The summed E-state index contributed by atoms with van der Waals surface area (Å²) in [6.45, 7) is 4.43. The normalized spacial score (nSPS) is 13.9. The molecule has 4 rings (SSSR count). The molecule has 1 radical (unpaired) electrons. The van der Waals surface area contributed by atoms with Crippen LogP contribution in [0.15, 0.2) is 49.1 Å². The van der Waals surface area contributed by atoms with Gasteiger partial charge >= 0.3 is 0 Å². The summed E-state index contributed by atoms with van der Waals surface area (Å²) in [6.07, 6.45) is 7.85. The number of pyridine rings is 1. The molecule has 0 bridgehead atoms. The number of hydrogen-bond acceptors (Lipinski definition) is 3. The summed E-state index contributed by atoms with van der Waals surface area (Å²) in [5.74, 6) is 1.03. The average Bonchev–Trinajstić information content (AvgIpc) is 3.30. The van der Waals surface area contributed by atoms with Gasteiger partial charge in [-0.25, -0.2) is 14.4 Å². The van der Waals surface area contributed by atoms with Crippen LogP contribution >= 0.6 is 0 Å². The summed E-state index contributed by atoms with van der Waals surface area (Å²) in [4.78, 5) is 8.73. The molecule has 4 nitrogen and oxygen atoms in total. The van der Waals surface area contributed by atoms with E-state index < -0.39 is 0 Å². The third-order valence-corrected chi connectivity index (χ3v) is 4.11. The second-order valence-corrected chi connectivity index (χ2v) is 6.08. The van der Waals surface area contributed by atoms with Crippen LogP contribution in [0.3, 0.4) is 0 Å². The molecule has 0 spiro atoms. The Morgan fingerprint density at radius 2 is 2.08 bits per heavy atom. The van der Waals surface area contributed by atoms with Crippen molar-refractivity contribution in [3.63, 3.8) is 0 Å². The quantitative estimate of drug-likeness (QED) is 0.711. The van der Waals surface area contributed by atoms with Gasteiger partial charge in [0.2, 0.25) is 5.88 Å². The first-order chi connectivity index (χ1) is 11.7. The number of ether oxygens (including phenoxy) is 1. The van der Waals surface area contributed by atoms with Gasteiger partial charge in [0.25, 0.3) is 0 Å². The van der Waals surface area contributed by atoms with Crippen LogP contribution in [0.4, 0.5) is 4.39 Å². The maximum Gasteiger partial charge on any atom is 0.213 e. The minimum atomic E-state index is -0.315. The van der Waals surface area contributed by atoms with Crippen molar-refractivity contribution < 1.29 is 9.13 Å². The summed E-state index contributed by atoms with van der Waals surface area (Å²) >= 11 is 0. The van der Waals surface area contributed by atoms with Crippen molar-refractivity contribution in [1.82, 2.24) is 14.5 Å². The first kappa shape index (κ1) is 14.9. The van der Waals surface area contributed by atoms with Crippen molar-refractivity contribution in [3.8, 4) is 22.8 Å². The van der Waals surface area contributed by atoms with Crippen molar-refractivity contribution >= 4 is 0 Å². The number of halogens is 1. The van der Waals surface area contributed by atoms with E-state index in [0.29, 0.717) is 17.4 Å². The van der Waals surface area contributed by atoms with Crippen LogP contribution < -0.4 is 4.74 Å². The van der Waals surface area contributed by atoms with Crippen LogP contribution in [0.2, 0.25) is 0 Å². The Morgan fingerprint density at radius 3 is 2.79 bits per heavy atom. The van der Waals surface area contributed by atoms with Gasteiger partial charge in [0, 0.05) is 29.7 Å². The third kappa shape index (κ3) is 3.15. The molecule has 5 heteroatoms. The van der Waals surface area contributed by atoms with Crippen molar-refractivity contribution in [2.24, 2.45) is 5.92 Å². The summed E-state index contributed by atoms with van der Waals surface area (Å²) in [5, 5.41) is 0. The molecule has 0 saturated heterocycles. The van der Waals surface area contributed by atoms with E-state index in [-0.39, 0.29) is 5.82 Å². The smallest absolute Gasteiger partial charge is 0.213 e. The summed E-state index contributed by atoms with van der Waals surface area (Å²) in [6, 6.07) is 8.60. The first-order valence-corrected chi connectivity index (χ1v) is 7.94. The maximum atomic E-state index is 13.3. The molecule has 24 heavy (non-hydrogen) atoms. The van der Waals surface area contributed by atoms with E-state index in [4.69, 9.17) is 4.74 Å². The number of aromatic nitrogens is 3. The Labute approximate surface area is 140 Å². The molecule has 0 aliphatic heterocycles. The predicted octanol–water partition coefficient (Wildman–Crippen LogP) is 4.04. The Balaban J connectivity index is 1.52. The molecule has 2 aromatic heterocycles. The van der Waals surface area contributed by atoms with Gasteiger partial charge in [-0.1, -0.05) is 0 Å². The van der Waals surface area contributed by atoms with E-state index in [0.717, 1.165) is 23.6 Å². The van der Waals surface area contributed by atoms with Gasteiger partial charge in [-0.05, 0) is 55.5 Å². The lowest BCUT2D eigenvalue weighted by Crippen LogP contribution is -2.00. The highest BCUT2D eigenvalue weighted by Gasteiger charge is 2.22. The predicted molar refractivity (Wildman–Crippen MR) is 89.4 cm³/mol. The van der Waals surface area contributed by atoms with Gasteiger partial charge in [-0.2, -0.15) is 0 Å². The van der Waals surface area contributed by atoms with E-state index in [1.807, 2.05) is 22.9 Å². The van der Waals surface area contributed by atoms with Crippen LogP contribution in [0.5, 0.6) is 5.88 Å². The molecule has 0 N–H and O–H groups in total. The Bertz CT molecular complexity index is 853. The number of benzene rings is 1. The Hall–Kier alpha value is -2.69. The van der Waals surface area contributed by atoms with E-state index in [1.165, 1.54) is 18.9 Å². The first-order valence-electron chi connectivity index (χ1n) is 7.94. The maximum absolute atomic E-state index is 13.3. The molecule has 0 amide bonds. The largest absolute Gasteiger partial charge is 0.477 e. The molecule has 3 aromatic rings. The van der Waals surface area contributed by atoms with E-state index in [9.17, 15) is 4.39 Å². The van der Waals surface area contributed by atoms with E-state index in [2.05, 4.69) is 16.9 Å². The molecular formula is C19H17FN3O. The SMILES string of the molecule is [CH2]c1cc(-n2cnc(-c3ccc(OCC4CC4)nc3)c2)ccc1F. The van der Waals surface area contributed by atoms with Gasteiger partial charge in [-0.3, -0.25) is 0 Å². The van der Waals surface area contributed by atoms with Crippen molar-refractivity contribution in [1.29, 1.82) is 0 Å². The van der Waals surface area contributed by atoms with Crippen molar-refractivity contribution in [2.45, 2.75) is 12.8 Å². The number of imidazole rings is 1. The van der Waals surface area contributed by atoms with Crippen LogP contribution in [0, 0.1) is 18.7 Å². The lowest BCUT2D eigenvalue weighted by Gasteiger charge is -2.05. The highest BCUT2D eigenvalue weighted by Crippen LogP contribution is 2.29. The zero-order valence-corrected chi connectivity index (χ0v) is 13.2. The minimum absolute atomic E-state index is 0.315. The molecule has 1 aliphatic rings. The van der Waals surface area contributed by atoms with E-state index >= 15 is 0 Å². The average molecular weight is 322 g/mol. The molecule has 0 unspecified atom stereocenters. The van der Waals surface area contributed by atoms with Crippen LogP contribution in [0.1, 0.15) is 18.4 Å². The molecule has 1 fully saturated rings. The molecule has 1 aromatic carbocycles. The fourth-order valence-electron chi connectivity index (χ4n) is 2.44. The molecule has 1 saturated carbocycles. The van der Waals surface area contributed by atoms with Gasteiger partial charge in [0.1, 0.15) is 5.82 Å². The van der Waals surface area contributed by atoms with Crippen LogP contribution in [-0.2, 0) is 0 Å². The topological polar surface area (TPSA) is 39.9 Å². The number of nitrogens with zero attached hydrogens (tertiary/aromatic N) is 3. The van der Waals surface area contributed by atoms with Crippen molar-refractivity contribution in [2.75, 3.05) is 6.61 Å². The molecule has 2 heterocycles. The lowest BCUT2D eigenvalue weighted by atomic mass is 10.2. The summed E-state index contributed by atoms with van der Waals surface area (Å²) < 4.78 is 20.8. The standard InChI is InChI=1S/C19H17FN3O/c1-13-8-16(5-6-17(13)20)23-10-18(22-12-23)15-4-7-19(21-9-15)24-11-14-2-3-14/h4-10,12,14H,1-3,11H2. The van der Waals surface area contributed by atoms with Gasteiger partial charge < -0.3 is 9.30 Å². The van der Waals surface area contributed by atoms with Gasteiger partial charge in [0.05, 0.1) is 18.6 Å². The summed E-state index contributed by atoms with van der Waals surface area (Å²) in [7, 11) is 0. The van der Waals surface area contributed by atoms with Crippen LogP contribution in [-0.4, -0.2) is 21.1 Å². The Kier molecular flexibility index (Phi) is 3.76. The second kappa shape index (κ2) is 6.07. The fraction of sp³-hybridized carbons (Fsp3) is 0.211. The highest BCUT2D eigenvalue weighted by atomic mass is 19.1.